The third-order valence-corrected chi connectivity index (χ3v) is 4.09. The Morgan fingerprint density at radius 1 is 1.25 bits per heavy atom. The van der Waals surface area contributed by atoms with Gasteiger partial charge in [-0.25, -0.2) is 0 Å². The third kappa shape index (κ3) is 1.89. The van der Waals surface area contributed by atoms with Crippen LogP contribution >= 0.6 is 0 Å². The van der Waals surface area contributed by atoms with Gasteiger partial charge in [-0.05, 0) is 41.4 Å². The second kappa shape index (κ2) is 3.59. The number of nitrogens with zero attached hydrogens (tertiary/aromatic N) is 1. The van der Waals surface area contributed by atoms with E-state index < -0.39 is 0 Å². The molecule has 1 fully saturated rings. The molecule has 1 nitrogen and oxygen atoms in total. The van der Waals surface area contributed by atoms with Gasteiger partial charge in [0.2, 0.25) is 0 Å². The van der Waals surface area contributed by atoms with Crippen LogP contribution in [-0.2, 0) is 18.4 Å². The molecule has 0 spiro atoms. The molecule has 0 aromatic heterocycles. The molecule has 1 aromatic rings. The number of fused-ring (bicyclic) bond motifs is 1. The fourth-order valence-electron chi connectivity index (χ4n) is 2.95. The Labute approximate surface area is 98.5 Å². The number of aryl methyl sites for hydroxylation is 1. The van der Waals surface area contributed by atoms with Crippen LogP contribution in [0.4, 0.5) is 0 Å². The molecule has 1 aromatic carbocycles. The lowest BCUT2D eigenvalue weighted by molar-refractivity contribution is 0.431. The fraction of sp³-hybridized carbons (Fsp3) is 0.600. The van der Waals surface area contributed by atoms with Crippen LogP contribution in [0.2, 0.25) is 0 Å². The van der Waals surface area contributed by atoms with Crippen molar-refractivity contribution in [2.24, 2.45) is 0 Å². The van der Waals surface area contributed by atoms with Gasteiger partial charge >= 0.3 is 0 Å². The molecule has 0 N–H and O–H groups in total. The predicted octanol–water partition coefficient (Wildman–Crippen LogP) is 3.12. The molecular formula is C15H21N. The first kappa shape index (κ1) is 10.3. The summed E-state index contributed by atoms with van der Waals surface area (Å²) < 4.78 is 0. The lowest BCUT2D eigenvalue weighted by atomic mass is 9.72. The Morgan fingerprint density at radius 3 is 2.81 bits per heavy atom. The van der Waals surface area contributed by atoms with Gasteiger partial charge in [0.05, 0.1) is 0 Å². The highest BCUT2D eigenvalue weighted by Crippen LogP contribution is 2.37. The van der Waals surface area contributed by atoms with E-state index in [0.29, 0.717) is 5.41 Å². The van der Waals surface area contributed by atoms with Crippen LogP contribution in [0.3, 0.4) is 0 Å². The maximum atomic E-state index is 2.48. The van der Waals surface area contributed by atoms with Gasteiger partial charge in [-0.1, -0.05) is 32.0 Å². The number of rotatable bonds is 2. The molecule has 0 unspecified atom stereocenters. The highest BCUT2D eigenvalue weighted by atomic mass is 15.2. The zero-order valence-corrected chi connectivity index (χ0v) is 10.4. The van der Waals surface area contributed by atoms with Crippen LogP contribution in [0.15, 0.2) is 18.2 Å². The maximum absolute atomic E-state index is 2.48. The normalized spacial score (nSPS) is 22.9. The quantitative estimate of drug-likeness (QED) is 0.685. The van der Waals surface area contributed by atoms with E-state index in [1.54, 1.807) is 11.1 Å². The molecule has 0 amide bonds. The van der Waals surface area contributed by atoms with Crippen LogP contribution in [0.5, 0.6) is 0 Å². The van der Waals surface area contributed by atoms with Crippen molar-refractivity contribution in [1.82, 2.24) is 4.90 Å². The van der Waals surface area contributed by atoms with Crippen LogP contribution in [0.25, 0.3) is 0 Å². The van der Waals surface area contributed by atoms with Crippen LogP contribution < -0.4 is 0 Å². The molecule has 3 rings (SSSR count). The number of hydrogen-bond acceptors (Lipinski definition) is 1. The monoisotopic (exact) mass is 215 g/mol. The van der Waals surface area contributed by atoms with Crippen molar-refractivity contribution in [3.8, 4) is 0 Å². The Balaban J connectivity index is 1.91. The summed E-state index contributed by atoms with van der Waals surface area (Å²) in [6, 6.07) is 7.17. The average Bonchev–Trinajstić information content (AvgIpc) is 3.01. The van der Waals surface area contributed by atoms with Gasteiger partial charge in [0.15, 0.2) is 0 Å². The van der Waals surface area contributed by atoms with Crippen molar-refractivity contribution in [3.05, 3.63) is 34.9 Å². The predicted molar refractivity (Wildman–Crippen MR) is 67.7 cm³/mol. The summed E-state index contributed by atoms with van der Waals surface area (Å²) in [5.41, 5.74) is 5.10. The molecule has 86 valence electrons. The van der Waals surface area contributed by atoms with Gasteiger partial charge in [0.25, 0.3) is 0 Å². The van der Waals surface area contributed by atoms with E-state index in [2.05, 4.69) is 36.9 Å². The van der Waals surface area contributed by atoms with Crippen molar-refractivity contribution < 1.29 is 0 Å². The lowest BCUT2D eigenvalue weighted by Crippen LogP contribution is -2.23. The highest BCUT2D eigenvalue weighted by Gasteiger charge is 2.27. The van der Waals surface area contributed by atoms with Crippen LogP contribution in [0.1, 0.15) is 43.4 Å². The minimum Gasteiger partial charge on any atom is -0.297 e. The summed E-state index contributed by atoms with van der Waals surface area (Å²) in [6.45, 7) is 8.52. The SMILES string of the molecule is CC1(C)CCCc2cc(CN3CC3)ccc21. The van der Waals surface area contributed by atoms with Crippen LogP contribution in [0, 0.1) is 0 Å². The lowest BCUT2D eigenvalue weighted by Gasteiger charge is -2.32. The van der Waals surface area contributed by atoms with Gasteiger partial charge in [-0.15, -0.1) is 0 Å². The molecular weight excluding hydrogens is 194 g/mol. The van der Waals surface area contributed by atoms with E-state index >= 15 is 0 Å². The summed E-state index contributed by atoms with van der Waals surface area (Å²) in [7, 11) is 0. The highest BCUT2D eigenvalue weighted by molar-refractivity contribution is 5.38. The van der Waals surface area contributed by atoms with E-state index in [-0.39, 0.29) is 0 Å². The molecule has 0 radical (unpaired) electrons. The Bertz CT molecular complexity index is 402. The minimum absolute atomic E-state index is 0.395. The van der Waals surface area contributed by atoms with Crippen molar-refractivity contribution >= 4 is 0 Å². The van der Waals surface area contributed by atoms with Gasteiger partial charge in [0.1, 0.15) is 0 Å². The largest absolute Gasteiger partial charge is 0.297 e. The van der Waals surface area contributed by atoms with E-state index in [0.717, 1.165) is 6.54 Å². The molecule has 0 saturated carbocycles. The van der Waals surface area contributed by atoms with Gasteiger partial charge in [-0.3, -0.25) is 4.90 Å². The molecule has 1 aliphatic heterocycles. The summed E-state index contributed by atoms with van der Waals surface area (Å²) in [5, 5.41) is 0. The van der Waals surface area contributed by atoms with Gasteiger partial charge in [-0.2, -0.15) is 0 Å². The minimum atomic E-state index is 0.395. The first-order valence-electron chi connectivity index (χ1n) is 6.50. The van der Waals surface area contributed by atoms with Gasteiger partial charge < -0.3 is 0 Å². The zero-order valence-electron chi connectivity index (χ0n) is 10.4. The molecule has 0 bridgehead atoms. The Kier molecular flexibility index (Phi) is 2.32. The summed E-state index contributed by atoms with van der Waals surface area (Å²) in [4.78, 5) is 2.48. The topological polar surface area (TPSA) is 3.01 Å². The number of hydrogen-bond donors (Lipinski definition) is 0. The molecule has 2 aliphatic rings. The van der Waals surface area contributed by atoms with E-state index in [4.69, 9.17) is 0 Å². The van der Waals surface area contributed by atoms with Crippen molar-refractivity contribution in [1.29, 1.82) is 0 Å². The summed E-state index contributed by atoms with van der Waals surface area (Å²) in [6.07, 6.45) is 3.98. The molecule has 1 saturated heterocycles. The first-order valence-corrected chi connectivity index (χ1v) is 6.50. The molecule has 0 atom stereocenters. The Morgan fingerprint density at radius 2 is 2.06 bits per heavy atom. The van der Waals surface area contributed by atoms with Crippen LogP contribution in [-0.4, -0.2) is 18.0 Å². The Hall–Kier alpha value is -0.820. The average molecular weight is 215 g/mol. The van der Waals surface area contributed by atoms with E-state index in [9.17, 15) is 0 Å². The molecule has 1 heterocycles. The number of benzene rings is 1. The molecule has 16 heavy (non-hydrogen) atoms. The fourth-order valence-corrected chi connectivity index (χ4v) is 2.95. The smallest absolute Gasteiger partial charge is 0.0234 e. The van der Waals surface area contributed by atoms with E-state index in [1.165, 1.54) is 37.9 Å². The molecule has 1 heteroatoms. The van der Waals surface area contributed by atoms with Crippen molar-refractivity contribution in [2.75, 3.05) is 13.1 Å². The van der Waals surface area contributed by atoms with Crippen molar-refractivity contribution in [2.45, 2.75) is 45.1 Å². The second-order valence-corrected chi connectivity index (χ2v) is 6.01. The van der Waals surface area contributed by atoms with E-state index in [1.807, 2.05) is 0 Å². The third-order valence-electron chi connectivity index (χ3n) is 4.09. The maximum Gasteiger partial charge on any atom is 0.0234 e. The van der Waals surface area contributed by atoms with Gasteiger partial charge in [0, 0.05) is 19.6 Å². The summed E-state index contributed by atoms with van der Waals surface area (Å²) >= 11 is 0. The van der Waals surface area contributed by atoms with Crippen molar-refractivity contribution in [3.63, 3.8) is 0 Å². The molecule has 1 aliphatic carbocycles. The standard InChI is InChI=1S/C15H21N/c1-15(2)7-3-4-13-10-12(5-6-14(13)15)11-16-8-9-16/h5-6,10H,3-4,7-9,11H2,1-2H3. The second-order valence-electron chi connectivity index (χ2n) is 6.01. The summed E-state index contributed by atoms with van der Waals surface area (Å²) in [5.74, 6) is 0. The first-order chi connectivity index (χ1) is 7.65. The zero-order chi connectivity index (χ0) is 11.2.